The Bertz CT molecular complexity index is 815. The highest BCUT2D eigenvalue weighted by molar-refractivity contribution is 7.99. The Hall–Kier alpha value is -2.05. The van der Waals surface area contributed by atoms with Gasteiger partial charge in [-0.3, -0.25) is 9.59 Å². The van der Waals surface area contributed by atoms with Crippen LogP contribution in [0.4, 0.5) is 4.39 Å². The SMILES string of the molecule is CCCCNC(=O)[C@H](C)N(Cc1ccc(F)cc1)C(=O)CSCc1ccc(Cl)cc1. The summed E-state index contributed by atoms with van der Waals surface area (Å²) in [5.41, 5.74) is 1.85. The van der Waals surface area contributed by atoms with Crippen molar-refractivity contribution in [1.82, 2.24) is 10.2 Å². The third-order valence-corrected chi connectivity index (χ3v) is 5.91. The fourth-order valence-corrected chi connectivity index (χ4v) is 3.82. The van der Waals surface area contributed by atoms with Gasteiger partial charge in [0.05, 0.1) is 5.75 Å². The van der Waals surface area contributed by atoms with Gasteiger partial charge >= 0.3 is 0 Å². The molecule has 0 saturated heterocycles. The number of hydrogen-bond donors (Lipinski definition) is 1. The van der Waals surface area contributed by atoms with Gasteiger partial charge in [0, 0.05) is 23.9 Å². The molecular formula is C23H28ClFN2O2S. The lowest BCUT2D eigenvalue weighted by Crippen LogP contribution is -2.48. The van der Waals surface area contributed by atoms with Crippen LogP contribution in [-0.2, 0) is 21.9 Å². The summed E-state index contributed by atoms with van der Waals surface area (Å²) >= 11 is 7.39. The van der Waals surface area contributed by atoms with Gasteiger partial charge < -0.3 is 10.2 Å². The van der Waals surface area contributed by atoms with Gasteiger partial charge in [0.2, 0.25) is 11.8 Å². The van der Waals surface area contributed by atoms with Crippen LogP contribution in [0.3, 0.4) is 0 Å². The average Bonchev–Trinajstić information content (AvgIpc) is 2.74. The van der Waals surface area contributed by atoms with Crippen molar-refractivity contribution in [3.8, 4) is 0 Å². The summed E-state index contributed by atoms with van der Waals surface area (Å²) in [6.45, 7) is 4.62. The van der Waals surface area contributed by atoms with Gasteiger partial charge in [-0.15, -0.1) is 11.8 Å². The molecule has 4 nitrogen and oxygen atoms in total. The molecule has 2 rings (SSSR count). The molecule has 30 heavy (non-hydrogen) atoms. The van der Waals surface area contributed by atoms with E-state index in [0.717, 1.165) is 24.0 Å². The molecule has 0 radical (unpaired) electrons. The first kappa shape index (κ1) is 24.2. The Balaban J connectivity index is 2.02. The van der Waals surface area contributed by atoms with E-state index in [9.17, 15) is 14.0 Å². The van der Waals surface area contributed by atoms with Crippen molar-refractivity contribution in [3.05, 3.63) is 70.5 Å². The highest BCUT2D eigenvalue weighted by Gasteiger charge is 2.25. The predicted octanol–water partition coefficient (Wildman–Crippen LogP) is 5.05. The van der Waals surface area contributed by atoms with Gasteiger partial charge in [0.15, 0.2) is 0 Å². The lowest BCUT2D eigenvalue weighted by Gasteiger charge is -2.28. The number of thioether (sulfide) groups is 1. The maximum atomic E-state index is 13.2. The van der Waals surface area contributed by atoms with Crippen LogP contribution in [0.25, 0.3) is 0 Å². The highest BCUT2D eigenvalue weighted by Crippen LogP contribution is 2.18. The molecule has 2 aromatic carbocycles. The number of carbonyl (C=O) groups is 2. The Morgan fingerprint density at radius 2 is 1.73 bits per heavy atom. The van der Waals surface area contributed by atoms with E-state index in [1.165, 1.54) is 23.9 Å². The van der Waals surface area contributed by atoms with E-state index in [-0.39, 0.29) is 29.9 Å². The first-order valence-electron chi connectivity index (χ1n) is 10.0. The van der Waals surface area contributed by atoms with Crippen molar-refractivity contribution >= 4 is 35.2 Å². The maximum absolute atomic E-state index is 13.2. The molecule has 7 heteroatoms. The van der Waals surface area contributed by atoms with Gasteiger partial charge in [0.1, 0.15) is 11.9 Å². The first-order chi connectivity index (χ1) is 14.4. The number of nitrogens with one attached hydrogen (secondary N) is 1. The van der Waals surface area contributed by atoms with Crippen LogP contribution in [0.1, 0.15) is 37.8 Å². The van der Waals surface area contributed by atoms with Gasteiger partial charge in [-0.05, 0) is 48.7 Å². The molecular weight excluding hydrogens is 423 g/mol. The van der Waals surface area contributed by atoms with E-state index in [1.807, 2.05) is 24.3 Å². The lowest BCUT2D eigenvalue weighted by atomic mass is 10.1. The summed E-state index contributed by atoms with van der Waals surface area (Å²) in [6, 6.07) is 12.9. The standard InChI is InChI=1S/C23H28ClFN2O2S/c1-3-4-13-26-23(29)17(2)27(14-18-7-11-21(25)12-8-18)22(28)16-30-15-19-5-9-20(24)10-6-19/h5-12,17H,3-4,13-16H2,1-2H3,(H,26,29)/t17-/m0/s1. The zero-order valence-electron chi connectivity index (χ0n) is 17.4. The van der Waals surface area contributed by atoms with E-state index < -0.39 is 6.04 Å². The molecule has 1 N–H and O–H groups in total. The minimum Gasteiger partial charge on any atom is -0.354 e. The van der Waals surface area contributed by atoms with Gasteiger partial charge in [-0.1, -0.05) is 49.2 Å². The van der Waals surface area contributed by atoms with Crippen LogP contribution < -0.4 is 5.32 Å². The van der Waals surface area contributed by atoms with Crippen molar-refractivity contribution in [3.63, 3.8) is 0 Å². The summed E-state index contributed by atoms with van der Waals surface area (Å²) in [4.78, 5) is 27.1. The smallest absolute Gasteiger partial charge is 0.242 e. The van der Waals surface area contributed by atoms with Gasteiger partial charge in [-0.25, -0.2) is 4.39 Å². The largest absolute Gasteiger partial charge is 0.354 e. The molecule has 162 valence electrons. The Labute approximate surface area is 187 Å². The summed E-state index contributed by atoms with van der Waals surface area (Å²) in [7, 11) is 0. The third-order valence-electron chi connectivity index (χ3n) is 4.67. The van der Waals surface area contributed by atoms with E-state index in [1.54, 1.807) is 24.0 Å². The Kier molecular flexibility index (Phi) is 10.2. The van der Waals surface area contributed by atoms with Crippen molar-refractivity contribution in [2.24, 2.45) is 0 Å². The molecule has 0 unspecified atom stereocenters. The fraction of sp³-hybridized carbons (Fsp3) is 0.391. The van der Waals surface area contributed by atoms with Crippen LogP contribution in [0.5, 0.6) is 0 Å². The number of hydrogen-bond acceptors (Lipinski definition) is 3. The topological polar surface area (TPSA) is 49.4 Å². The molecule has 1 atom stereocenters. The summed E-state index contributed by atoms with van der Waals surface area (Å²) < 4.78 is 13.2. The molecule has 2 aromatic rings. The van der Waals surface area contributed by atoms with E-state index in [4.69, 9.17) is 11.6 Å². The second-order valence-corrected chi connectivity index (χ2v) is 8.51. The normalized spacial score (nSPS) is 11.7. The summed E-state index contributed by atoms with van der Waals surface area (Å²) in [5, 5.41) is 3.56. The fourth-order valence-electron chi connectivity index (χ4n) is 2.82. The van der Waals surface area contributed by atoms with Gasteiger partial charge in [0.25, 0.3) is 0 Å². The Morgan fingerprint density at radius 3 is 2.37 bits per heavy atom. The number of unbranched alkanes of at least 4 members (excludes halogenated alkanes) is 1. The number of halogens is 2. The van der Waals surface area contributed by atoms with E-state index in [2.05, 4.69) is 12.2 Å². The Morgan fingerprint density at radius 1 is 1.10 bits per heavy atom. The summed E-state index contributed by atoms with van der Waals surface area (Å²) in [6.07, 6.45) is 1.87. The molecule has 0 bridgehead atoms. The predicted molar refractivity (Wildman–Crippen MR) is 122 cm³/mol. The number of amides is 2. The number of nitrogens with zero attached hydrogens (tertiary/aromatic N) is 1. The van der Waals surface area contributed by atoms with E-state index >= 15 is 0 Å². The molecule has 0 aliphatic rings. The first-order valence-corrected chi connectivity index (χ1v) is 11.6. The third kappa shape index (κ3) is 8.00. The quantitative estimate of drug-likeness (QED) is 0.487. The maximum Gasteiger partial charge on any atom is 0.242 e. The van der Waals surface area contributed by atoms with Crippen molar-refractivity contribution in [1.29, 1.82) is 0 Å². The van der Waals surface area contributed by atoms with Crippen LogP contribution in [0.15, 0.2) is 48.5 Å². The second-order valence-electron chi connectivity index (χ2n) is 7.09. The van der Waals surface area contributed by atoms with Crippen molar-refractivity contribution < 1.29 is 14.0 Å². The number of rotatable bonds is 11. The van der Waals surface area contributed by atoms with Gasteiger partial charge in [-0.2, -0.15) is 0 Å². The van der Waals surface area contributed by atoms with Crippen molar-refractivity contribution in [2.75, 3.05) is 12.3 Å². The average molecular weight is 451 g/mol. The lowest BCUT2D eigenvalue weighted by molar-refractivity contribution is -0.138. The molecule has 0 aliphatic carbocycles. The van der Waals surface area contributed by atoms with E-state index in [0.29, 0.717) is 17.3 Å². The second kappa shape index (κ2) is 12.6. The zero-order chi connectivity index (χ0) is 21.9. The van der Waals surface area contributed by atoms with Crippen molar-refractivity contribution in [2.45, 2.75) is 45.0 Å². The highest BCUT2D eigenvalue weighted by atomic mass is 35.5. The molecule has 2 amide bonds. The molecule has 0 heterocycles. The molecule has 0 spiro atoms. The number of benzene rings is 2. The minimum absolute atomic E-state index is 0.128. The summed E-state index contributed by atoms with van der Waals surface area (Å²) in [5.74, 6) is 0.277. The zero-order valence-corrected chi connectivity index (χ0v) is 18.9. The number of carbonyl (C=O) groups excluding carboxylic acids is 2. The van der Waals surface area contributed by atoms with Crippen LogP contribution in [0, 0.1) is 5.82 Å². The molecule has 0 fully saturated rings. The molecule has 0 saturated carbocycles. The minimum atomic E-state index is -0.615. The van der Waals surface area contributed by atoms with Crippen LogP contribution in [0.2, 0.25) is 5.02 Å². The van der Waals surface area contributed by atoms with Crippen LogP contribution >= 0.6 is 23.4 Å². The molecule has 0 aromatic heterocycles. The monoisotopic (exact) mass is 450 g/mol. The van der Waals surface area contributed by atoms with Crippen LogP contribution in [-0.4, -0.2) is 35.1 Å². The molecule has 0 aliphatic heterocycles.